The van der Waals surface area contributed by atoms with Crippen LogP contribution in [0.5, 0.6) is 0 Å². The summed E-state index contributed by atoms with van der Waals surface area (Å²) in [7, 11) is 0. The van der Waals surface area contributed by atoms with E-state index in [1.54, 1.807) is 29.2 Å². The van der Waals surface area contributed by atoms with Crippen molar-refractivity contribution >= 4 is 46.4 Å². The first-order chi connectivity index (χ1) is 14.4. The second-order valence-electron chi connectivity index (χ2n) is 7.32. The van der Waals surface area contributed by atoms with Crippen molar-refractivity contribution in [1.82, 2.24) is 0 Å². The number of halogens is 2. The van der Waals surface area contributed by atoms with Crippen molar-refractivity contribution in [2.24, 2.45) is 0 Å². The topological polar surface area (TPSA) is 49.4 Å². The molecular weight excluding hydrogens is 419 g/mol. The SMILES string of the molecule is Cc1cccc(C(=O)N2CCCc3cc(C(=O)Nc4c(Cl)cccc4Cl)ccc32)c1. The molecular formula is C24H20Cl2N2O2. The zero-order valence-electron chi connectivity index (χ0n) is 16.4. The zero-order chi connectivity index (χ0) is 21.3. The van der Waals surface area contributed by atoms with E-state index >= 15 is 0 Å². The van der Waals surface area contributed by atoms with Crippen molar-refractivity contribution in [3.63, 3.8) is 0 Å². The van der Waals surface area contributed by atoms with Crippen LogP contribution in [0.25, 0.3) is 0 Å². The Hall–Kier alpha value is -2.82. The van der Waals surface area contributed by atoms with Crippen LogP contribution in [0.4, 0.5) is 11.4 Å². The van der Waals surface area contributed by atoms with Gasteiger partial charge in [-0.25, -0.2) is 0 Å². The summed E-state index contributed by atoms with van der Waals surface area (Å²) < 4.78 is 0. The van der Waals surface area contributed by atoms with Gasteiger partial charge in [-0.3, -0.25) is 9.59 Å². The fourth-order valence-corrected chi connectivity index (χ4v) is 4.18. The number of benzene rings is 3. The van der Waals surface area contributed by atoms with Crippen LogP contribution in [-0.2, 0) is 6.42 Å². The molecule has 4 rings (SSSR count). The molecule has 0 saturated carbocycles. The van der Waals surface area contributed by atoms with Gasteiger partial charge >= 0.3 is 0 Å². The second-order valence-corrected chi connectivity index (χ2v) is 8.14. The maximum atomic E-state index is 13.1. The molecule has 1 heterocycles. The number of hydrogen-bond acceptors (Lipinski definition) is 2. The fraction of sp³-hybridized carbons (Fsp3) is 0.167. The summed E-state index contributed by atoms with van der Waals surface area (Å²) in [6, 6.07) is 18.0. The van der Waals surface area contributed by atoms with E-state index in [9.17, 15) is 9.59 Å². The molecule has 0 spiro atoms. The summed E-state index contributed by atoms with van der Waals surface area (Å²) in [4.78, 5) is 27.6. The zero-order valence-corrected chi connectivity index (χ0v) is 17.9. The van der Waals surface area contributed by atoms with Gasteiger partial charge in [-0.15, -0.1) is 0 Å². The van der Waals surface area contributed by atoms with Gasteiger partial charge in [0.05, 0.1) is 15.7 Å². The quantitative estimate of drug-likeness (QED) is 0.533. The number of aryl methyl sites for hydroxylation is 2. The highest BCUT2D eigenvalue weighted by Crippen LogP contribution is 2.32. The highest BCUT2D eigenvalue weighted by Gasteiger charge is 2.24. The smallest absolute Gasteiger partial charge is 0.258 e. The molecule has 0 fully saturated rings. The van der Waals surface area contributed by atoms with Crippen LogP contribution in [0, 0.1) is 6.92 Å². The van der Waals surface area contributed by atoms with Gasteiger partial charge in [-0.1, -0.05) is 47.0 Å². The van der Waals surface area contributed by atoms with E-state index in [1.165, 1.54) is 0 Å². The standard InChI is InChI=1S/C24H20Cl2N2O2/c1-15-5-2-6-18(13-15)24(30)28-12-4-7-16-14-17(10-11-21(16)28)23(29)27-22-19(25)8-3-9-20(22)26/h2-3,5-6,8-11,13-14H,4,7,12H2,1H3,(H,27,29). The number of carbonyl (C=O) groups excluding carboxylic acids is 2. The molecule has 0 aromatic heterocycles. The van der Waals surface area contributed by atoms with E-state index < -0.39 is 0 Å². The number of carbonyl (C=O) groups is 2. The highest BCUT2D eigenvalue weighted by molar-refractivity contribution is 6.40. The first-order valence-electron chi connectivity index (χ1n) is 9.71. The molecule has 0 aliphatic carbocycles. The Morgan fingerprint density at radius 2 is 1.67 bits per heavy atom. The number of amides is 2. The minimum Gasteiger partial charge on any atom is -0.319 e. The number of nitrogens with zero attached hydrogens (tertiary/aromatic N) is 1. The minimum absolute atomic E-state index is 0.0281. The molecule has 1 N–H and O–H groups in total. The summed E-state index contributed by atoms with van der Waals surface area (Å²) in [6.45, 7) is 2.62. The number of fused-ring (bicyclic) bond motifs is 1. The lowest BCUT2D eigenvalue weighted by atomic mass is 9.98. The molecule has 0 saturated heterocycles. The predicted molar refractivity (Wildman–Crippen MR) is 122 cm³/mol. The van der Waals surface area contributed by atoms with Gasteiger partial charge in [0.15, 0.2) is 0 Å². The van der Waals surface area contributed by atoms with Crippen molar-refractivity contribution in [3.8, 4) is 0 Å². The summed E-state index contributed by atoms with van der Waals surface area (Å²) in [5, 5.41) is 3.54. The lowest BCUT2D eigenvalue weighted by molar-refractivity contribution is 0.0984. The summed E-state index contributed by atoms with van der Waals surface area (Å²) >= 11 is 12.3. The molecule has 4 nitrogen and oxygen atoms in total. The number of nitrogens with one attached hydrogen (secondary N) is 1. The number of anilines is 2. The van der Waals surface area contributed by atoms with Gasteiger partial charge in [-0.2, -0.15) is 0 Å². The van der Waals surface area contributed by atoms with Crippen molar-refractivity contribution in [2.75, 3.05) is 16.8 Å². The maximum absolute atomic E-state index is 13.1. The molecule has 0 radical (unpaired) electrons. The number of rotatable bonds is 3. The van der Waals surface area contributed by atoms with Crippen molar-refractivity contribution in [2.45, 2.75) is 19.8 Å². The Morgan fingerprint density at radius 1 is 0.933 bits per heavy atom. The average Bonchev–Trinajstić information content (AvgIpc) is 2.75. The van der Waals surface area contributed by atoms with E-state index in [1.807, 2.05) is 43.3 Å². The molecule has 0 unspecified atom stereocenters. The van der Waals surface area contributed by atoms with E-state index in [0.29, 0.717) is 33.4 Å². The van der Waals surface area contributed by atoms with Gasteiger partial charge in [-0.05, 0) is 67.8 Å². The Morgan fingerprint density at radius 3 is 2.40 bits per heavy atom. The third-order valence-electron chi connectivity index (χ3n) is 5.17. The van der Waals surface area contributed by atoms with Crippen LogP contribution < -0.4 is 10.2 Å². The normalized spacial score (nSPS) is 13.0. The molecule has 3 aromatic carbocycles. The average molecular weight is 439 g/mol. The van der Waals surface area contributed by atoms with Gasteiger partial charge in [0.2, 0.25) is 0 Å². The van der Waals surface area contributed by atoms with Crippen LogP contribution in [0.15, 0.2) is 60.7 Å². The van der Waals surface area contributed by atoms with Gasteiger partial charge < -0.3 is 10.2 Å². The molecule has 2 amide bonds. The van der Waals surface area contributed by atoms with E-state index in [2.05, 4.69) is 5.32 Å². The van der Waals surface area contributed by atoms with E-state index in [-0.39, 0.29) is 11.8 Å². The van der Waals surface area contributed by atoms with Crippen LogP contribution in [0.3, 0.4) is 0 Å². The minimum atomic E-state index is -0.296. The lowest BCUT2D eigenvalue weighted by Gasteiger charge is -2.30. The predicted octanol–water partition coefficient (Wildman–Crippen LogP) is 6.15. The lowest BCUT2D eigenvalue weighted by Crippen LogP contribution is -2.35. The van der Waals surface area contributed by atoms with Crippen LogP contribution in [-0.4, -0.2) is 18.4 Å². The first kappa shape index (κ1) is 20.5. The fourth-order valence-electron chi connectivity index (χ4n) is 3.69. The Bertz CT molecular complexity index is 1120. The monoisotopic (exact) mass is 438 g/mol. The molecule has 0 bridgehead atoms. The van der Waals surface area contributed by atoms with Crippen LogP contribution >= 0.6 is 23.2 Å². The number of hydrogen-bond donors (Lipinski definition) is 1. The van der Waals surface area contributed by atoms with Crippen LogP contribution in [0.2, 0.25) is 10.0 Å². The highest BCUT2D eigenvalue weighted by atomic mass is 35.5. The van der Waals surface area contributed by atoms with Crippen molar-refractivity contribution in [3.05, 3.63) is 93.0 Å². The first-order valence-corrected chi connectivity index (χ1v) is 10.5. The molecule has 152 valence electrons. The largest absolute Gasteiger partial charge is 0.319 e. The van der Waals surface area contributed by atoms with Crippen molar-refractivity contribution < 1.29 is 9.59 Å². The van der Waals surface area contributed by atoms with Gasteiger partial charge in [0.25, 0.3) is 11.8 Å². The third-order valence-corrected chi connectivity index (χ3v) is 5.80. The molecule has 0 atom stereocenters. The van der Waals surface area contributed by atoms with Gasteiger partial charge in [0, 0.05) is 23.4 Å². The summed E-state index contributed by atoms with van der Waals surface area (Å²) in [5.74, 6) is -0.324. The summed E-state index contributed by atoms with van der Waals surface area (Å²) in [6.07, 6.45) is 1.65. The second kappa shape index (κ2) is 8.50. The van der Waals surface area contributed by atoms with E-state index in [4.69, 9.17) is 23.2 Å². The Balaban J connectivity index is 1.60. The third kappa shape index (κ3) is 4.07. The molecule has 3 aromatic rings. The summed E-state index contributed by atoms with van der Waals surface area (Å²) in [5.41, 5.74) is 4.41. The molecule has 30 heavy (non-hydrogen) atoms. The van der Waals surface area contributed by atoms with E-state index in [0.717, 1.165) is 29.7 Å². The molecule has 1 aliphatic heterocycles. The van der Waals surface area contributed by atoms with Crippen molar-refractivity contribution in [1.29, 1.82) is 0 Å². The molecule has 6 heteroatoms. The Labute approximate surface area is 185 Å². The van der Waals surface area contributed by atoms with Crippen LogP contribution in [0.1, 0.15) is 38.3 Å². The van der Waals surface area contributed by atoms with Gasteiger partial charge in [0.1, 0.15) is 0 Å². The number of para-hydroxylation sites is 1. The Kier molecular flexibility index (Phi) is 5.80. The molecule has 1 aliphatic rings. The maximum Gasteiger partial charge on any atom is 0.258 e.